The van der Waals surface area contributed by atoms with Crippen molar-refractivity contribution in [2.45, 2.75) is 63.8 Å². The van der Waals surface area contributed by atoms with Gasteiger partial charge in [0, 0.05) is 38.2 Å². The van der Waals surface area contributed by atoms with Gasteiger partial charge in [-0.15, -0.1) is 0 Å². The topological polar surface area (TPSA) is 70.5 Å². The molecule has 1 aromatic rings. The summed E-state index contributed by atoms with van der Waals surface area (Å²) in [6, 6.07) is -0.691. The van der Waals surface area contributed by atoms with Crippen molar-refractivity contribution in [3.63, 3.8) is 0 Å². The largest absolute Gasteiger partial charge is 0.410 e. The fourth-order valence-electron chi connectivity index (χ4n) is 4.76. The van der Waals surface area contributed by atoms with Gasteiger partial charge in [-0.05, 0) is 33.1 Å². The predicted octanol–water partition coefficient (Wildman–Crippen LogP) is 2.72. The number of carbonyl (C=O) groups is 2. The molecule has 0 spiro atoms. The first-order valence-corrected chi connectivity index (χ1v) is 10.2. The van der Waals surface area contributed by atoms with E-state index >= 15 is 0 Å². The Morgan fingerprint density at radius 3 is 2.79 bits per heavy atom. The highest BCUT2D eigenvalue weighted by molar-refractivity contribution is 5.89. The van der Waals surface area contributed by atoms with Gasteiger partial charge in [0.2, 0.25) is 11.8 Å². The third kappa shape index (κ3) is 3.57. The van der Waals surface area contributed by atoms with Gasteiger partial charge >= 0.3 is 6.18 Å². The zero-order valence-electron chi connectivity index (χ0n) is 16.6. The lowest BCUT2D eigenvalue weighted by Crippen LogP contribution is -2.38. The lowest BCUT2D eigenvalue weighted by atomic mass is 10.0. The maximum atomic E-state index is 13.5. The summed E-state index contributed by atoms with van der Waals surface area (Å²) in [6.45, 7) is 5.12. The van der Waals surface area contributed by atoms with Crippen LogP contribution in [0.15, 0.2) is 6.07 Å². The number of amides is 2. The van der Waals surface area contributed by atoms with Crippen LogP contribution in [0.1, 0.15) is 57.3 Å². The molecule has 0 bridgehead atoms. The third-order valence-corrected chi connectivity index (χ3v) is 6.22. The number of carbonyl (C=O) groups excluding carboxylic acids is 2. The van der Waals surface area contributed by atoms with Crippen LogP contribution in [0.5, 0.6) is 0 Å². The Hall–Kier alpha value is -2.26. The molecule has 3 aliphatic rings. The second kappa shape index (κ2) is 7.21. The third-order valence-electron chi connectivity index (χ3n) is 6.22. The molecule has 160 valence electrons. The van der Waals surface area contributed by atoms with E-state index in [4.69, 9.17) is 0 Å². The molecular weight excluding hydrogens is 387 g/mol. The summed E-state index contributed by atoms with van der Waals surface area (Å²) in [6.07, 6.45) is -2.84. The molecule has 0 radical (unpaired) electrons. The Bertz CT molecular complexity index is 808. The predicted molar refractivity (Wildman–Crippen MR) is 99.1 cm³/mol. The molecule has 0 aromatic carbocycles. The van der Waals surface area contributed by atoms with E-state index in [1.165, 1.54) is 0 Å². The number of nitrogens with one attached hydrogen (secondary N) is 1. The van der Waals surface area contributed by atoms with Crippen molar-refractivity contribution in [3.05, 3.63) is 11.8 Å². The maximum absolute atomic E-state index is 13.5. The van der Waals surface area contributed by atoms with Crippen molar-refractivity contribution >= 4 is 17.6 Å². The number of hydrogen-bond acceptors (Lipinski definition) is 4. The Balaban J connectivity index is 1.57. The van der Waals surface area contributed by atoms with E-state index in [0.29, 0.717) is 37.6 Å². The molecule has 1 N–H and O–H groups in total. The number of likely N-dealkylation sites (tertiary alicyclic amines) is 2. The summed E-state index contributed by atoms with van der Waals surface area (Å²) in [5.74, 6) is -0.170. The van der Waals surface area contributed by atoms with Gasteiger partial charge in [0.25, 0.3) is 0 Å². The molecule has 2 amide bonds. The summed E-state index contributed by atoms with van der Waals surface area (Å²) in [7, 11) is 0. The molecule has 4 rings (SSSR count). The number of hydrogen-bond donors (Lipinski definition) is 1. The Labute approximate surface area is 167 Å². The van der Waals surface area contributed by atoms with Gasteiger partial charge in [-0.2, -0.15) is 18.3 Å². The summed E-state index contributed by atoms with van der Waals surface area (Å²) in [5.41, 5.74) is 0.485. The molecule has 0 saturated carbocycles. The minimum absolute atomic E-state index is 0.0229. The van der Waals surface area contributed by atoms with Gasteiger partial charge in [0.05, 0.1) is 17.7 Å². The van der Waals surface area contributed by atoms with Crippen molar-refractivity contribution in [2.24, 2.45) is 5.92 Å². The van der Waals surface area contributed by atoms with E-state index in [1.54, 1.807) is 22.8 Å². The van der Waals surface area contributed by atoms with Gasteiger partial charge in [-0.3, -0.25) is 9.59 Å². The van der Waals surface area contributed by atoms with Gasteiger partial charge in [0.15, 0.2) is 6.04 Å². The molecule has 1 aromatic heterocycles. The Morgan fingerprint density at radius 1 is 1.38 bits per heavy atom. The average Bonchev–Trinajstić information content (AvgIpc) is 3.36. The van der Waals surface area contributed by atoms with Crippen molar-refractivity contribution in [1.29, 1.82) is 0 Å². The van der Waals surface area contributed by atoms with Crippen LogP contribution < -0.4 is 5.32 Å². The minimum Gasteiger partial charge on any atom is -0.368 e. The fraction of sp³-hybridized carbons (Fsp3) is 0.737. The van der Waals surface area contributed by atoms with Crippen LogP contribution in [0.25, 0.3) is 0 Å². The van der Waals surface area contributed by atoms with E-state index in [-0.39, 0.29) is 42.7 Å². The van der Waals surface area contributed by atoms with Crippen molar-refractivity contribution in [3.8, 4) is 0 Å². The monoisotopic (exact) mass is 413 g/mol. The molecule has 7 nitrogen and oxygen atoms in total. The van der Waals surface area contributed by atoms with Crippen LogP contribution in [0.2, 0.25) is 0 Å². The summed E-state index contributed by atoms with van der Waals surface area (Å²) >= 11 is 0. The number of nitrogens with zero attached hydrogens (tertiary/aromatic N) is 4. The molecule has 10 heteroatoms. The summed E-state index contributed by atoms with van der Waals surface area (Å²) < 4.78 is 41.5. The number of alkyl halides is 3. The molecule has 0 aliphatic carbocycles. The van der Waals surface area contributed by atoms with E-state index in [1.807, 2.05) is 6.92 Å². The van der Waals surface area contributed by atoms with Gasteiger partial charge in [-0.25, -0.2) is 4.68 Å². The lowest BCUT2D eigenvalue weighted by molar-refractivity contribution is -0.173. The quantitative estimate of drug-likeness (QED) is 0.827. The van der Waals surface area contributed by atoms with Crippen LogP contribution in [0, 0.1) is 5.92 Å². The smallest absolute Gasteiger partial charge is 0.368 e. The molecule has 0 unspecified atom stereocenters. The maximum Gasteiger partial charge on any atom is 0.410 e. The fourth-order valence-corrected chi connectivity index (χ4v) is 4.76. The normalized spacial score (nSPS) is 29.9. The van der Waals surface area contributed by atoms with Crippen LogP contribution in [0.4, 0.5) is 19.0 Å². The van der Waals surface area contributed by atoms with Gasteiger partial charge in [0.1, 0.15) is 5.82 Å². The van der Waals surface area contributed by atoms with Crippen LogP contribution in [0.3, 0.4) is 0 Å². The van der Waals surface area contributed by atoms with Crippen LogP contribution >= 0.6 is 0 Å². The molecule has 29 heavy (non-hydrogen) atoms. The molecule has 4 atom stereocenters. The molecule has 2 saturated heterocycles. The zero-order chi connectivity index (χ0) is 20.9. The highest BCUT2D eigenvalue weighted by Crippen LogP contribution is 2.42. The highest BCUT2D eigenvalue weighted by Gasteiger charge is 2.46. The van der Waals surface area contributed by atoms with E-state index in [2.05, 4.69) is 10.4 Å². The SMILES string of the molecule is CCN1C[C@H](C(=O)N2CCC[C@@H]2c2cc3n(n2)[C@@H](C(F)(F)F)C[C@@H](C)N3)CC1=O. The summed E-state index contributed by atoms with van der Waals surface area (Å²) in [4.78, 5) is 28.5. The number of anilines is 1. The van der Waals surface area contributed by atoms with E-state index in [9.17, 15) is 22.8 Å². The van der Waals surface area contributed by atoms with E-state index in [0.717, 1.165) is 11.1 Å². The molecule has 3 aliphatic heterocycles. The number of aromatic nitrogens is 2. The number of fused-ring (bicyclic) bond motifs is 1. The second-order valence-corrected chi connectivity index (χ2v) is 8.26. The molecule has 4 heterocycles. The zero-order valence-corrected chi connectivity index (χ0v) is 16.6. The van der Waals surface area contributed by atoms with Crippen LogP contribution in [-0.2, 0) is 9.59 Å². The van der Waals surface area contributed by atoms with Crippen LogP contribution in [-0.4, -0.2) is 63.2 Å². The lowest BCUT2D eigenvalue weighted by Gasteiger charge is -2.31. The highest BCUT2D eigenvalue weighted by atomic mass is 19.4. The van der Waals surface area contributed by atoms with E-state index < -0.39 is 12.2 Å². The van der Waals surface area contributed by atoms with Crippen molar-refractivity contribution in [2.75, 3.05) is 25.0 Å². The number of halogens is 3. The molecule has 2 fully saturated rings. The minimum atomic E-state index is -4.38. The Kier molecular flexibility index (Phi) is 4.98. The molecular formula is C19H26F3N5O2. The first-order chi connectivity index (χ1) is 13.7. The standard InChI is InChI=1S/C19H26F3N5O2/c1-3-25-10-12(8-17(25)28)18(29)26-6-4-5-14(26)13-9-16-23-11(2)7-15(19(20,21)22)27(16)24-13/h9,11-12,14-15,23H,3-8,10H2,1-2H3/t11-,12-,14-,15-/m1/s1. The van der Waals surface area contributed by atoms with Crippen molar-refractivity contribution in [1.82, 2.24) is 19.6 Å². The van der Waals surface area contributed by atoms with Crippen molar-refractivity contribution < 1.29 is 22.8 Å². The first-order valence-electron chi connectivity index (χ1n) is 10.2. The van der Waals surface area contributed by atoms with Gasteiger partial charge < -0.3 is 15.1 Å². The average molecular weight is 413 g/mol. The first kappa shape index (κ1) is 20.0. The van der Waals surface area contributed by atoms with Gasteiger partial charge in [-0.1, -0.05) is 0 Å². The summed E-state index contributed by atoms with van der Waals surface area (Å²) in [5, 5.41) is 7.35. The second-order valence-electron chi connectivity index (χ2n) is 8.26. The number of rotatable bonds is 3. The Morgan fingerprint density at radius 2 is 2.14 bits per heavy atom.